The summed E-state index contributed by atoms with van der Waals surface area (Å²) in [5.41, 5.74) is 0.971. The van der Waals surface area contributed by atoms with Crippen LogP contribution in [0.1, 0.15) is 47.4 Å². The van der Waals surface area contributed by atoms with E-state index in [4.69, 9.17) is 23.2 Å². The molecule has 2 unspecified atom stereocenters. The first kappa shape index (κ1) is 24.5. The first-order valence-electron chi connectivity index (χ1n) is 11.0. The minimum Gasteiger partial charge on any atom is -0.336 e. The number of carbonyl (C=O) groups excluding carboxylic acids is 2. The highest BCUT2D eigenvalue weighted by Gasteiger charge is 2.28. The molecule has 2 aromatic carbocycles. The van der Waals surface area contributed by atoms with Crippen molar-refractivity contribution in [2.24, 2.45) is 0 Å². The number of amides is 2. The van der Waals surface area contributed by atoms with Crippen molar-refractivity contribution < 1.29 is 9.59 Å². The van der Waals surface area contributed by atoms with Gasteiger partial charge in [0.25, 0.3) is 11.8 Å². The second kappa shape index (κ2) is 11.7. The molecule has 8 heteroatoms. The van der Waals surface area contributed by atoms with E-state index in [0.29, 0.717) is 21.2 Å². The summed E-state index contributed by atoms with van der Waals surface area (Å²) < 4.78 is 0. The molecule has 0 radical (unpaired) electrons. The van der Waals surface area contributed by atoms with Crippen LogP contribution in [0.25, 0.3) is 0 Å². The first-order chi connectivity index (χ1) is 15.4. The monoisotopic (exact) mass is 476 g/mol. The highest BCUT2D eigenvalue weighted by atomic mass is 35.5. The van der Waals surface area contributed by atoms with Crippen LogP contribution in [0.15, 0.2) is 48.5 Å². The normalized spacial score (nSPS) is 16.9. The SMILES string of the molecule is CCC(NC(=O)c1ccccc1Cl)N1CCN(C(CC)NC(=O)c2ccccc2Cl)CC1. The number of halogens is 2. The lowest BCUT2D eigenvalue weighted by Crippen LogP contribution is -2.59. The molecule has 2 atom stereocenters. The average molecular weight is 477 g/mol. The van der Waals surface area contributed by atoms with Gasteiger partial charge in [0.1, 0.15) is 0 Å². The molecule has 6 nitrogen and oxygen atoms in total. The van der Waals surface area contributed by atoms with Gasteiger partial charge in [0.2, 0.25) is 0 Å². The summed E-state index contributed by atoms with van der Waals surface area (Å²) >= 11 is 12.3. The van der Waals surface area contributed by atoms with Gasteiger partial charge in [-0.25, -0.2) is 0 Å². The van der Waals surface area contributed by atoms with Gasteiger partial charge >= 0.3 is 0 Å². The minimum absolute atomic E-state index is 0.0706. The zero-order valence-electron chi connectivity index (χ0n) is 18.5. The number of hydrogen-bond acceptors (Lipinski definition) is 4. The first-order valence-corrected chi connectivity index (χ1v) is 11.8. The minimum atomic E-state index is -0.164. The molecule has 1 aliphatic heterocycles. The molecule has 1 saturated heterocycles. The van der Waals surface area contributed by atoms with Crippen LogP contribution < -0.4 is 10.6 Å². The van der Waals surface area contributed by atoms with Crippen molar-refractivity contribution in [2.45, 2.75) is 39.0 Å². The van der Waals surface area contributed by atoms with Crippen LogP contribution in [0.3, 0.4) is 0 Å². The Bertz CT molecular complexity index is 856. The molecule has 0 spiro atoms. The van der Waals surface area contributed by atoms with Gasteiger partial charge in [-0.2, -0.15) is 0 Å². The Morgan fingerprint density at radius 3 is 1.41 bits per heavy atom. The molecule has 0 aromatic heterocycles. The quantitative estimate of drug-likeness (QED) is 0.597. The van der Waals surface area contributed by atoms with Crippen molar-refractivity contribution in [1.82, 2.24) is 20.4 Å². The fourth-order valence-electron chi connectivity index (χ4n) is 4.01. The van der Waals surface area contributed by atoms with Crippen LogP contribution in [0, 0.1) is 0 Å². The van der Waals surface area contributed by atoms with Crippen molar-refractivity contribution in [3.63, 3.8) is 0 Å². The van der Waals surface area contributed by atoms with Gasteiger partial charge in [0.05, 0.1) is 33.5 Å². The molecule has 1 fully saturated rings. The van der Waals surface area contributed by atoms with E-state index >= 15 is 0 Å². The van der Waals surface area contributed by atoms with Crippen molar-refractivity contribution in [2.75, 3.05) is 26.2 Å². The van der Waals surface area contributed by atoms with Crippen LogP contribution in [0.2, 0.25) is 10.0 Å². The lowest BCUT2D eigenvalue weighted by atomic mass is 10.1. The predicted octanol–water partition coefficient (Wildman–Crippen LogP) is 4.24. The average Bonchev–Trinajstić information content (AvgIpc) is 2.81. The zero-order chi connectivity index (χ0) is 23.1. The molecule has 0 saturated carbocycles. The van der Waals surface area contributed by atoms with Gasteiger partial charge in [-0.15, -0.1) is 0 Å². The molecule has 2 amide bonds. The molecular formula is C24H30Cl2N4O2. The molecule has 32 heavy (non-hydrogen) atoms. The number of benzene rings is 2. The number of rotatable bonds is 8. The van der Waals surface area contributed by atoms with Crippen LogP contribution >= 0.6 is 23.2 Å². The Kier molecular flexibility index (Phi) is 8.93. The molecule has 0 aliphatic carbocycles. The van der Waals surface area contributed by atoms with Gasteiger partial charge in [-0.05, 0) is 37.1 Å². The fourth-order valence-corrected chi connectivity index (χ4v) is 4.46. The van der Waals surface area contributed by atoms with E-state index < -0.39 is 0 Å². The molecule has 0 bridgehead atoms. The van der Waals surface area contributed by atoms with E-state index in [1.54, 1.807) is 24.3 Å². The number of nitrogens with zero attached hydrogens (tertiary/aromatic N) is 2. The van der Waals surface area contributed by atoms with Gasteiger partial charge < -0.3 is 10.6 Å². The summed E-state index contributed by atoms with van der Waals surface area (Å²) in [6.07, 6.45) is 1.44. The van der Waals surface area contributed by atoms with E-state index in [1.807, 2.05) is 24.3 Å². The fraction of sp³-hybridized carbons (Fsp3) is 0.417. The molecule has 3 rings (SSSR count). The van der Waals surface area contributed by atoms with Crippen molar-refractivity contribution in [3.05, 3.63) is 69.7 Å². The highest BCUT2D eigenvalue weighted by molar-refractivity contribution is 6.34. The van der Waals surface area contributed by atoms with Crippen LogP contribution in [-0.4, -0.2) is 60.1 Å². The topological polar surface area (TPSA) is 64.7 Å². The van der Waals surface area contributed by atoms with Gasteiger partial charge in [-0.1, -0.05) is 61.3 Å². The Morgan fingerprint density at radius 1 is 0.750 bits per heavy atom. The van der Waals surface area contributed by atoms with Crippen LogP contribution in [0.5, 0.6) is 0 Å². The predicted molar refractivity (Wildman–Crippen MR) is 129 cm³/mol. The third-order valence-corrected chi connectivity index (χ3v) is 6.50. The van der Waals surface area contributed by atoms with Crippen molar-refractivity contribution in [1.29, 1.82) is 0 Å². The summed E-state index contributed by atoms with van der Waals surface area (Å²) in [6.45, 7) is 7.28. The molecule has 2 N–H and O–H groups in total. The molecule has 1 heterocycles. The van der Waals surface area contributed by atoms with Gasteiger partial charge in [0, 0.05) is 26.2 Å². The number of nitrogens with one attached hydrogen (secondary N) is 2. The van der Waals surface area contributed by atoms with E-state index in [2.05, 4.69) is 34.3 Å². The Labute approximate surface area is 199 Å². The molecule has 172 valence electrons. The Hall–Kier alpha value is -2.12. The summed E-state index contributed by atoms with van der Waals surface area (Å²) in [7, 11) is 0. The van der Waals surface area contributed by atoms with Crippen molar-refractivity contribution in [3.8, 4) is 0 Å². The van der Waals surface area contributed by atoms with E-state index in [9.17, 15) is 9.59 Å². The number of hydrogen-bond donors (Lipinski definition) is 2. The summed E-state index contributed by atoms with van der Waals surface area (Å²) in [5, 5.41) is 7.12. The lowest BCUT2D eigenvalue weighted by molar-refractivity contribution is 0.0405. The largest absolute Gasteiger partial charge is 0.336 e. The van der Waals surface area contributed by atoms with Gasteiger partial charge in [0.15, 0.2) is 0 Å². The smallest absolute Gasteiger partial charge is 0.254 e. The molecule has 2 aromatic rings. The lowest BCUT2D eigenvalue weighted by Gasteiger charge is -2.42. The maximum Gasteiger partial charge on any atom is 0.254 e. The second-order valence-corrected chi connectivity index (χ2v) is 8.64. The molecule has 1 aliphatic rings. The van der Waals surface area contributed by atoms with Crippen LogP contribution in [-0.2, 0) is 0 Å². The standard InChI is InChI=1S/C24H30Cl2N4O2/c1-3-21(27-23(31)17-9-5-7-11-19(17)25)29-13-15-30(16-14-29)22(4-2)28-24(32)18-10-6-8-12-20(18)26/h5-12,21-22H,3-4,13-16H2,1-2H3,(H,27,31)(H,28,32). The van der Waals surface area contributed by atoms with Crippen molar-refractivity contribution >= 4 is 35.0 Å². The molecular weight excluding hydrogens is 447 g/mol. The maximum atomic E-state index is 12.7. The maximum absolute atomic E-state index is 12.7. The van der Waals surface area contributed by atoms with E-state index in [1.165, 1.54) is 0 Å². The number of carbonyl (C=O) groups is 2. The summed E-state index contributed by atoms with van der Waals surface area (Å²) in [5.74, 6) is -0.327. The Morgan fingerprint density at radius 2 is 1.09 bits per heavy atom. The van der Waals surface area contributed by atoms with E-state index in [0.717, 1.165) is 39.0 Å². The van der Waals surface area contributed by atoms with Gasteiger partial charge in [-0.3, -0.25) is 19.4 Å². The summed E-state index contributed by atoms with van der Waals surface area (Å²) in [6, 6.07) is 14.1. The third-order valence-electron chi connectivity index (χ3n) is 5.84. The highest BCUT2D eigenvalue weighted by Crippen LogP contribution is 2.18. The zero-order valence-corrected chi connectivity index (χ0v) is 20.0. The van der Waals surface area contributed by atoms with Crippen LogP contribution in [0.4, 0.5) is 0 Å². The summed E-state index contributed by atoms with van der Waals surface area (Å²) in [4.78, 5) is 29.9. The third kappa shape index (κ3) is 6.01. The Balaban J connectivity index is 1.56. The second-order valence-electron chi connectivity index (χ2n) is 7.83. The number of piperazine rings is 1. The van der Waals surface area contributed by atoms with E-state index in [-0.39, 0.29) is 24.1 Å².